The average Bonchev–Trinajstić information content (AvgIpc) is 1.69. The normalized spacial score (nSPS) is 9.43. The van der Waals surface area contributed by atoms with Gasteiger partial charge in [-0.05, 0) is 0 Å². The summed E-state index contributed by atoms with van der Waals surface area (Å²) in [6, 6.07) is 0. The van der Waals surface area contributed by atoms with Gasteiger partial charge >= 0.3 is 53.1 Å². The van der Waals surface area contributed by atoms with Crippen LogP contribution in [0.2, 0.25) is 5.32 Å². The summed E-state index contributed by atoms with van der Waals surface area (Å²) in [7, 11) is 1.99. The van der Waals surface area contributed by atoms with Gasteiger partial charge in [0.25, 0.3) is 0 Å². The molecule has 0 rings (SSSR count). The molecule has 0 saturated carbocycles. The summed E-state index contributed by atoms with van der Waals surface area (Å²) in [5, 5.41) is 4.35. The molecule has 0 aliphatic rings. The van der Waals surface area contributed by atoms with Gasteiger partial charge in [-0.1, -0.05) is 0 Å². The molecule has 0 aromatic carbocycles. The van der Waals surface area contributed by atoms with E-state index in [4.69, 9.17) is 0 Å². The molecule has 0 heterocycles. The van der Waals surface area contributed by atoms with Crippen molar-refractivity contribution < 1.29 is 0 Å². The van der Waals surface area contributed by atoms with Crippen LogP contribution in [0.15, 0.2) is 0 Å². The summed E-state index contributed by atoms with van der Waals surface area (Å²) in [5.41, 5.74) is 0. The van der Waals surface area contributed by atoms with Gasteiger partial charge in [-0.25, -0.2) is 0 Å². The Morgan fingerprint density at radius 1 is 1.43 bits per heavy atom. The molecule has 0 aromatic rings. The van der Waals surface area contributed by atoms with Crippen molar-refractivity contribution >= 4 is 16.0 Å². The van der Waals surface area contributed by atoms with Crippen LogP contribution in [0.4, 0.5) is 0 Å². The summed E-state index contributed by atoms with van der Waals surface area (Å²) in [6.45, 7) is 1.16. The third-order valence-corrected chi connectivity index (χ3v) is 1.50. The van der Waals surface area contributed by atoms with Gasteiger partial charge in [-0.15, -0.1) is 0 Å². The monoisotopic (exact) mass is 167 g/mol. The summed E-state index contributed by atoms with van der Waals surface area (Å²) in [4.78, 5) is 0. The third-order valence-electron chi connectivity index (χ3n) is 0.835. The Morgan fingerprint density at radius 2 is 2.14 bits per heavy atom. The van der Waals surface area contributed by atoms with Crippen LogP contribution >= 0.6 is 0 Å². The van der Waals surface area contributed by atoms with E-state index in [2.05, 4.69) is 21.3 Å². The number of unbranched alkanes of at least 4 members (excludes halogenated alkanes) is 1. The van der Waals surface area contributed by atoms with E-state index in [-0.39, 0.29) is 0 Å². The van der Waals surface area contributed by atoms with Crippen LogP contribution in [-0.4, -0.2) is 29.6 Å². The van der Waals surface area contributed by atoms with E-state index in [0.717, 1.165) is 6.54 Å². The Labute approximate surface area is 53.7 Å². The summed E-state index contributed by atoms with van der Waals surface area (Å²) in [5.74, 6) is 0. The van der Waals surface area contributed by atoms with E-state index in [0.29, 0.717) is 0 Å². The van der Waals surface area contributed by atoms with Crippen LogP contribution in [0.3, 0.4) is 0 Å². The first-order valence-corrected chi connectivity index (χ1v) is 4.00. The van der Waals surface area contributed by atoms with Crippen molar-refractivity contribution in [1.29, 1.82) is 0 Å². The average molecular weight is 166 g/mol. The Bertz CT molecular complexity index is 27.3. The summed E-state index contributed by atoms with van der Waals surface area (Å²) < 4.78 is 0. The zero-order valence-electron chi connectivity index (χ0n) is 4.78. The van der Waals surface area contributed by atoms with Crippen molar-refractivity contribution in [2.45, 2.75) is 18.2 Å². The van der Waals surface area contributed by atoms with Crippen molar-refractivity contribution in [3.63, 3.8) is 0 Å². The van der Waals surface area contributed by atoms with Crippen LogP contribution in [0.25, 0.3) is 0 Å². The molecule has 0 aliphatic carbocycles. The molecule has 0 amide bonds. The molecule has 0 aromatic heterocycles. The van der Waals surface area contributed by atoms with Gasteiger partial charge in [0, 0.05) is 0 Å². The Morgan fingerprint density at radius 3 is 2.57 bits per heavy atom. The number of nitrogens with one attached hydrogen (secondary N) is 1. The van der Waals surface area contributed by atoms with Crippen LogP contribution in [0, 0.1) is 0 Å². The molecule has 1 N–H and O–H groups in total. The minimum atomic E-state index is 1.16. The van der Waals surface area contributed by atoms with Gasteiger partial charge in [0.15, 0.2) is 0 Å². The second kappa shape index (κ2) is 6.48. The number of rotatable bonds is 4. The predicted octanol–water partition coefficient (Wildman–Crippen LogP) is 0.305. The standard InChI is InChI=1S/C5H13NSe/c1-6-4-2-3-5-7/h6-7H,2-5H2,1H3. The molecule has 0 spiro atoms. The molecule has 0 unspecified atom stereocenters. The molecule has 2 heteroatoms. The van der Waals surface area contributed by atoms with E-state index < -0.39 is 0 Å². The van der Waals surface area contributed by atoms with Gasteiger partial charge < -0.3 is 0 Å². The Balaban J connectivity index is 2.45. The van der Waals surface area contributed by atoms with E-state index in [1.165, 1.54) is 18.2 Å². The van der Waals surface area contributed by atoms with E-state index in [1.807, 2.05) is 7.05 Å². The molecule has 0 bridgehead atoms. The molecular formula is C5H13NSe. The molecular weight excluding hydrogens is 153 g/mol. The van der Waals surface area contributed by atoms with Gasteiger partial charge in [0.1, 0.15) is 0 Å². The fraction of sp³-hybridized carbons (Fsp3) is 1.00. The fourth-order valence-corrected chi connectivity index (χ4v) is 0.883. The van der Waals surface area contributed by atoms with Crippen molar-refractivity contribution in [1.82, 2.24) is 5.32 Å². The second-order valence-electron chi connectivity index (χ2n) is 1.53. The zero-order chi connectivity index (χ0) is 5.54. The van der Waals surface area contributed by atoms with Crippen molar-refractivity contribution in [3.05, 3.63) is 0 Å². The first kappa shape index (κ1) is 7.48. The first-order chi connectivity index (χ1) is 3.41. The second-order valence-corrected chi connectivity index (χ2v) is 2.47. The number of hydrogen-bond donors (Lipinski definition) is 1. The number of hydrogen-bond acceptors (Lipinski definition) is 1. The maximum atomic E-state index is 3.10. The van der Waals surface area contributed by atoms with Gasteiger partial charge in [0.2, 0.25) is 0 Å². The third kappa shape index (κ3) is 6.48. The van der Waals surface area contributed by atoms with Crippen molar-refractivity contribution in [2.24, 2.45) is 0 Å². The van der Waals surface area contributed by atoms with Crippen LogP contribution in [-0.2, 0) is 0 Å². The predicted molar refractivity (Wildman–Crippen MR) is 35.1 cm³/mol. The molecule has 0 atom stereocenters. The first-order valence-electron chi connectivity index (χ1n) is 2.67. The van der Waals surface area contributed by atoms with Gasteiger partial charge in [-0.3, -0.25) is 0 Å². The molecule has 1 nitrogen and oxygen atoms in total. The topological polar surface area (TPSA) is 12.0 Å². The molecule has 7 heavy (non-hydrogen) atoms. The van der Waals surface area contributed by atoms with Crippen molar-refractivity contribution in [2.75, 3.05) is 13.6 Å². The molecule has 44 valence electrons. The molecule has 0 aliphatic heterocycles. The summed E-state index contributed by atoms with van der Waals surface area (Å²) in [6.07, 6.45) is 2.64. The van der Waals surface area contributed by atoms with Crippen LogP contribution in [0.1, 0.15) is 12.8 Å². The maximum absolute atomic E-state index is 3.10. The van der Waals surface area contributed by atoms with Crippen LogP contribution < -0.4 is 5.32 Å². The van der Waals surface area contributed by atoms with E-state index in [9.17, 15) is 0 Å². The quantitative estimate of drug-likeness (QED) is 0.468. The SMILES string of the molecule is CNCCCC[SeH]. The fourth-order valence-electron chi connectivity index (χ4n) is 0.414. The Hall–Kier alpha value is 0.479. The van der Waals surface area contributed by atoms with Crippen molar-refractivity contribution in [3.8, 4) is 0 Å². The molecule has 0 radical (unpaired) electrons. The van der Waals surface area contributed by atoms with E-state index in [1.54, 1.807) is 0 Å². The Kier molecular flexibility index (Phi) is 6.92. The molecule has 0 fully saturated rings. The zero-order valence-corrected chi connectivity index (χ0v) is 6.65. The molecule has 0 saturated heterocycles. The van der Waals surface area contributed by atoms with Gasteiger partial charge in [0.05, 0.1) is 0 Å². The minimum absolute atomic E-state index is 1.16. The van der Waals surface area contributed by atoms with E-state index >= 15 is 0 Å². The van der Waals surface area contributed by atoms with Gasteiger partial charge in [-0.2, -0.15) is 0 Å². The summed E-state index contributed by atoms with van der Waals surface area (Å²) >= 11 is 2.60. The van der Waals surface area contributed by atoms with Crippen LogP contribution in [0.5, 0.6) is 0 Å².